The van der Waals surface area contributed by atoms with Crippen molar-refractivity contribution in [2.75, 3.05) is 5.43 Å². The number of aryl methyl sites for hydroxylation is 2. The summed E-state index contributed by atoms with van der Waals surface area (Å²) >= 11 is 7.35. The third-order valence-corrected chi connectivity index (χ3v) is 7.05. The number of H-pyrrole nitrogens is 1. The number of rotatable bonds is 7. The number of aromatic amines is 1. The van der Waals surface area contributed by atoms with E-state index < -0.39 is 0 Å². The number of hydrazone groups is 1. The second kappa shape index (κ2) is 10.9. The smallest absolute Gasteiger partial charge is 0.205 e. The van der Waals surface area contributed by atoms with Gasteiger partial charge in [-0.1, -0.05) is 83.6 Å². The van der Waals surface area contributed by atoms with Gasteiger partial charge in [0.25, 0.3) is 0 Å². The Morgan fingerprint density at radius 2 is 1.51 bits per heavy atom. The van der Waals surface area contributed by atoms with Gasteiger partial charge < -0.3 is 4.98 Å². The van der Waals surface area contributed by atoms with Crippen LogP contribution in [-0.2, 0) is 0 Å². The van der Waals surface area contributed by atoms with Gasteiger partial charge in [-0.05, 0) is 56.2 Å². The average Bonchev–Trinajstić information content (AvgIpc) is 3.47. The average molecular weight is 525 g/mol. The summed E-state index contributed by atoms with van der Waals surface area (Å²) in [5, 5.41) is 15.4. The van der Waals surface area contributed by atoms with Crippen molar-refractivity contribution in [1.82, 2.24) is 9.97 Å². The van der Waals surface area contributed by atoms with Crippen LogP contribution in [0.15, 0.2) is 100 Å². The van der Waals surface area contributed by atoms with Crippen LogP contribution in [-0.4, -0.2) is 15.7 Å². The summed E-state index contributed by atoms with van der Waals surface area (Å²) in [5.41, 5.74) is 12.1. The first-order valence-electron chi connectivity index (χ1n) is 11.8. The van der Waals surface area contributed by atoms with Crippen molar-refractivity contribution >= 4 is 44.5 Å². The molecule has 0 saturated heterocycles. The molecular weight excluding hydrogens is 500 g/mol. The van der Waals surface area contributed by atoms with Crippen molar-refractivity contribution in [1.29, 1.82) is 0 Å². The molecule has 0 aliphatic rings. The van der Waals surface area contributed by atoms with Crippen LogP contribution >= 0.6 is 22.9 Å². The van der Waals surface area contributed by atoms with Gasteiger partial charge >= 0.3 is 0 Å². The lowest BCUT2D eigenvalue weighted by Crippen LogP contribution is -2.02. The minimum atomic E-state index is 0.652. The Kier molecular flexibility index (Phi) is 7.25. The predicted molar refractivity (Wildman–Crippen MR) is 155 cm³/mol. The summed E-state index contributed by atoms with van der Waals surface area (Å²) in [4.78, 5) is 8.17. The molecule has 6 nitrogen and oxygen atoms in total. The number of thiazole rings is 1. The van der Waals surface area contributed by atoms with E-state index in [-0.39, 0.29) is 0 Å². The topological polar surface area (TPSA) is 77.8 Å². The Hall–Kier alpha value is -4.07. The van der Waals surface area contributed by atoms with E-state index in [1.807, 2.05) is 38.1 Å². The number of nitrogens with zero attached hydrogens (tertiary/aromatic N) is 4. The van der Waals surface area contributed by atoms with Crippen molar-refractivity contribution in [3.8, 4) is 22.4 Å². The van der Waals surface area contributed by atoms with Crippen LogP contribution in [0.25, 0.3) is 22.4 Å². The third-order valence-electron chi connectivity index (χ3n) is 5.85. The molecule has 2 aromatic heterocycles. The van der Waals surface area contributed by atoms with Crippen LogP contribution in [0.5, 0.6) is 0 Å². The van der Waals surface area contributed by atoms with Gasteiger partial charge in [-0.2, -0.15) is 5.10 Å². The molecule has 3 aromatic carbocycles. The first-order chi connectivity index (χ1) is 18.0. The Labute approximate surface area is 224 Å². The summed E-state index contributed by atoms with van der Waals surface area (Å²) in [6, 6.07) is 28.0. The Morgan fingerprint density at radius 1 is 0.865 bits per heavy atom. The molecule has 5 aromatic rings. The van der Waals surface area contributed by atoms with E-state index in [4.69, 9.17) is 16.7 Å². The van der Waals surface area contributed by atoms with Gasteiger partial charge in [0.15, 0.2) is 5.00 Å². The maximum atomic E-state index is 5.95. The maximum Gasteiger partial charge on any atom is 0.205 e. The summed E-state index contributed by atoms with van der Waals surface area (Å²) in [5.74, 6) is 0. The highest BCUT2D eigenvalue weighted by molar-refractivity contribution is 7.19. The monoisotopic (exact) mass is 524 g/mol. The molecule has 0 unspecified atom stereocenters. The van der Waals surface area contributed by atoms with E-state index in [1.54, 1.807) is 12.1 Å². The quantitative estimate of drug-likeness (QED) is 0.126. The number of benzene rings is 3. The third kappa shape index (κ3) is 5.53. The normalized spacial score (nSPS) is 11.8. The van der Waals surface area contributed by atoms with Gasteiger partial charge in [0.05, 0.1) is 22.8 Å². The van der Waals surface area contributed by atoms with Crippen LogP contribution in [0.3, 0.4) is 0 Å². The van der Waals surface area contributed by atoms with Crippen molar-refractivity contribution < 1.29 is 0 Å². The van der Waals surface area contributed by atoms with Gasteiger partial charge in [0.2, 0.25) is 5.13 Å². The molecule has 0 amide bonds. The van der Waals surface area contributed by atoms with Crippen molar-refractivity contribution in [3.05, 3.63) is 107 Å². The highest BCUT2D eigenvalue weighted by atomic mass is 35.5. The van der Waals surface area contributed by atoms with Crippen LogP contribution < -0.4 is 5.43 Å². The number of aromatic nitrogens is 2. The fourth-order valence-corrected chi connectivity index (χ4v) is 4.98. The first kappa shape index (κ1) is 24.6. The molecule has 2 N–H and O–H groups in total. The van der Waals surface area contributed by atoms with Crippen molar-refractivity contribution in [2.45, 2.75) is 20.8 Å². The van der Waals surface area contributed by atoms with Crippen LogP contribution in [0, 0.1) is 13.8 Å². The molecule has 8 heteroatoms. The Balaban J connectivity index is 1.45. The fraction of sp³-hybridized carbons (Fsp3) is 0.103. The van der Waals surface area contributed by atoms with E-state index in [0.29, 0.717) is 10.2 Å². The zero-order valence-corrected chi connectivity index (χ0v) is 22.2. The molecule has 0 aliphatic heterocycles. The molecule has 0 atom stereocenters. The zero-order chi connectivity index (χ0) is 25.8. The molecule has 0 aliphatic carbocycles. The lowest BCUT2D eigenvalue weighted by molar-refractivity contribution is 1.17. The number of hydrogen-bond donors (Lipinski definition) is 2. The number of anilines is 1. The predicted octanol–water partition coefficient (Wildman–Crippen LogP) is 9.33. The summed E-state index contributed by atoms with van der Waals surface area (Å²) in [6.07, 6.45) is 0. The second-order valence-corrected chi connectivity index (χ2v) is 9.92. The number of nitrogens with one attached hydrogen (secondary N) is 2. The van der Waals surface area contributed by atoms with Crippen LogP contribution in [0.4, 0.5) is 15.8 Å². The van der Waals surface area contributed by atoms with Crippen LogP contribution in [0.1, 0.15) is 23.9 Å². The molecule has 0 bridgehead atoms. The molecule has 0 radical (unpaired) electrons. The van der Waals surface area contributed by atoms with Gasteiger partial charge in [-0.3, -0.25) is 5.43 Å². The van der Waals surface area contributed by atoms with E-state index in [1.165, 1.54) is 11.3 Å². The van der Waals surface area contributed by atoms with Crippen LogP contribution in [0.2, 0.25) is 5.02 Å². The minimum Gasteiger partial charge on any atom is -0.358 e. The summed E-state index contributed by atoms with van der Waals surface area (Å²) < 4.78 is 0. The van der Waals surface area contributed by atoms with E-state index >= 15 is 0 Å². The largest absolute Gasteiger partial charge is 0.358 e. The molecule has 0 saturated carbocycles. The molecule has 184 valence electrons. The summed E-state index contributed by atoms with van der Waals surface area (Å²) in [7, 11) is 0. The SMILES string of the molecule is CC(=NNc1nc(C)c(N=Nc2ccc(Cl)cc2)s1)c1c(C)[nH]c(-c2ccccc2)c1-c1ccccc1. The maximum absolute atomic E-state index is 5.95. The molecular formula is C29H25ClN6S. The molecule has 5 rings (SSSR count). The number of halogens is 1. The summed E-state index contributed by atoms with van der Waals surface area (Å²) in [6.45, 7) is 5.99. The van der Waals surface area contributed by atoms with E-state index in [9.17, 15) is 0 Å². The van der Waals surface area contributed by atoms with E-state index in [2.05, 4.69) is 81.1 Å². The molecule has 0 spiro atoms. The van der Waals surface area contributed by atoms with Gasteiger partial charge in [0.1, 0.15) is 0 Å². The first-order valence-corrected chi connectivity index (χ1v) is 13.0. The standard InChI is InChI=1S/C29H25ClN6S/c1-18-25(26(21-10-6-4-7-11-21)27(31-18)22-12-8-5-9-13-22)19(2)33-36-29-32-20(3)28(37-29)35-34-24-16-14-23(30)15-17-24/h4-17,31H,1-3H3,(H,32,36). The molecule has 37 heavy (non-hydrogen) atoms. The van der Waals surface area contributed by atoms with Gasteiger partial charge in [-0.25, -0.2) is 4.98 Å². The number of hydrogen-bond acceptors (Lipinski definition) is 6. The Morgan fingerprint density at radius 3 is 2.19 bits per heavy atom. The highest BCUT2D eigenvalue weighted by Crippen LogP contribution is 2.37. The molecule has 2 heterocycles. The highest BCUT2D eigenvalue weighted by Gasteiger charge is 2.20. The fourth-order valence-electron chi connectivity index (χ4n) is 4.12. The second-order valence-electron chi connectivity index (χ2n) is 8.50. The molecule has 0 fully saturated rings. The van der Waals surface area contributed by atoms with Gasteiger partial charge in [0, 0.05) is 21.8 Å². The van der Waals surface area contributed by atoms with Crippen molar-refractivity contribution in [3.63, 3.8) is 0 Å². The minimum absolute atomic E-state index is 0.652. The van der Waals surface area contributed by atoms with Gasteiger partial charge in [-0.15, -0.1) is 10.2 Å². The lowest BCUT2D eigenvalue weighted by atomic mass is 9.95. The number of azo groups is 1. The lowest BCUT2D eigenvalue weighted by Gasteiger charge is -2.09. The van der Waals surface area contributed by atoms with E-state index in [0.717, 1.165) is 55.7 Å². The zero-order valence-electron chi connectivity index (χ0n) is 20.7. The Bertz CT molecular complexity index is 1570. The van der Waals surface area contributed by atoms with Crippen molar-refractivity contribution in [2.24, 2.45) is 15.3 Å².